The number of rotatable bonds is 8. The zero-order valence-corrected chi connectivity index (χ0v) is 14.0. The van der Waals surface area contributed by atoms with Gasteiger partial charge in [-0.15, -0.1) is 5.10 Å². The Kier molecular flexibility index (Phi) is 6.28. The minimum Gasteiger partial charge on any atom is -0.497 e. The average molecular weight is 336 g/mol. The summed E-state index contributed by atoms with van der Waals surface area (Å²) in [6.45, 7) is 3.00. The van der Waals surface area contributed by atoms with Crippen LogP contribution in [0.5, 0.6) is 5.75 Å². The molecule has 0 aliphatic heterocycles. The fraction of sp³-hybridized carbons (Fsp3) is 0.400. The number of benzene rings is 1. The van der Waals surface area contributed by atoms with Gasteiger partial charge in [-0.05, 0) is 24.1 Å². The van der Waals surface area contributed by atoms with E-state index in [1.807, 2.05) is 31.2 Å². The molecular formula is C15H20N4O3S. The van der Waals surface area contributed by atoms with Crippen molar-refractivity contribution in [3.63, 3.8) is 0 Å². The van der Waals surface area contributed by atoms with E-state index in [1.165, 1.54) is 11.8 Å². The number of hydrogen-bond donors (Lipinski definition) is 2. The number of amides is 1. The van der Waals surface area contributed by atoms with Crippen molar-refractivity contribution in [3.05, 3.63) is 40.3 Å². The van der Waals surface area contributed by atoms with Crippen LogP contribution in [0.4, 0.5) is 0 Å². The molecule has 1 heterocycles. The van der Waals surface area contributed by atoms with Gasteiger partial charge in [0, 0.05) is 13.1 Å². The van der Waals surface area contributed by atoms with Crippen LogP contribution in [0.15, 0.2) is 34.2 Å². The number of thioether (sulfide) groups is 1. The van der Waals surface area contributed by atoms with Crippen LogP contribution in [0, 0.1) is 0 Å². The molecule has 0 fully saturated rings. The number of aromatic amines is 1. The Morgan fingerprint density at radius 2 is 2.30 bits per heavy atom. The van der Waals surface area contributed by atoms with Crippen molar-refractivity contribution in [2.75, 3.05) is 12.9 Å². The molecule has 0 atom stereocenters. The van der Waals surface area contributed by atoms with Gasteiger partial charge >= 0.3 is 5.69 Å². The van der Waals surface area contributed by atoms with E-state index in [0.29, 0.717) is 18.2 Å². The fourth-order valence-corrected chi connectivity index (χ4v) is 2.80. The molecule has 0 saturated heterocycles. The number of nitrogens with one attached hydrogen (secondary N) is 2. The van der Waals surface area contributed by atoms with Gasteiger partial charge in [0.25, 0.3) is 0 Å². The first-order valence-electron chi connectivity index (χ1n) is 7.31. The molecule has 1 aromatic heterocycles. The second-order valence-corrected chi connectivity index (χ2v) is 5.82. The molecule has 0 saturated carbocycles. The van der Waals surface area contributed by atoms with E-state index in [9.17, 15) is 9.59 Å². The molecule has 0 aliphatic carbocycles. The van der Waals surface area contributed by atoms with Crippen LogP contribution in [-0.2, 0) is 17.9 Å². The monoisotopic (exact) mass is 336 g/mol. The van der Waals surface area contributed by atoms with Crippen molar-refractivity contribution in [2.24, 2.45) is 0 Å². The number of carbonyl (C=O) groups excluding carboxylic acids is 1. The van der Waals surface area contributed by atoms with Crippen molar-refractivity contribution < 1.29 is 9.53 Å². The number of H-pyrrole nitrogens is 1. The van der Waals surface area contributed by atoms with E-state index in [4.69, 9.17) is 4.74 Å². The molecule has 0 aliphatic rings. The van der Waals surface area contributed by atoms with Gasteiger partial charge in [-0.1, -0.05) is 30.8 Å². The van der Waals surface area contributed by atoms with Crippen LogP contribution in [-0.4, -0.2) is 33.5 Å². The SMILES string of the molecule is CCCn1c(SCC(=O)NCc2cccc(OC)c2)n[nH]c1=O. The van der Waals surface area contributed by atoms with Crippen molar-refractivity contribution in [3.8, 4) is 5.75 Å². The number of ether oxygens (including phenoxy) is 1. The molecule has 23 heavy (non-hydrogen) atoms. The van der Waals surface area contributed by atoms with Crippen LogP contribution in [0.1, 0.15) is 18.9 Å². The first kappa shape index (κ1) is 17.1. The van der Waals surface area contributed by atoms with E-state index in [1.54, 1.807) is 11.7 Å². The minimum absolute atomic E-state index is 0.115. The largest absolute Gasteiger partial charge is 0.497 e. The summed E-state index contributed by atoms with van der Waals surface area (Å²) in [5, 5.41) is 9.72. The Hall–Kier alpha value is -2.22. The first-order chi connectivity index (χ1) is 11.1. The van der Waals surface area contributed by atoms with Gasteiger partial charge in [-0.25, -0.2) is 9.89 Å². The van der Waals surface area contributed by atoms with Crippen molar-refractivity contribution >= 4 is 17.7 Å². The highest BCUT2D eigenvalue weighted by Gasteiger charge is 2.10. The van der Waals surface area contributed by atoms with Crippen molar-refractivity contribution in [1.29, 1.82) is 0 Å². The van der Waals surface area contributed by atoms with Crippen LogP contribution >= 0.6 is 11.8 Å². The number of nitrogens with zero attached hydrogens (tertiary/aromatic N) is 2. The van der Waals surface area contributed by atoms with Crippen molar-refractivity contribution in [1.82, 2.24) is 20.1 Å². The summed E-state index contributed by atoms with van der Waals surface area (Å²) in [6, 6.07) is 7.52. The lowest BCUT2D eigenvalue weighted by Gasteiger charge is -2.07. The number of hydrogen-bond acceptors (Lipinski definition) is 5. The molecule has 1 amide bonds. The summed E-state index contributed by atoms with van der Waals surface area (Å²) < 4.78 is 6.69. The van der Waals surface area contributed by atoms with Gasteiger partial charge in [0.15, 0.2) is 5.16 Å². The standard InChI is InChI=1S/C15H20N4O3S/c1-3-7-19-14(21)17-18-15(19)23-10-13(20)16-9-11-5-4-6-12(8-11)22-2/h4-6,8H,3,7,9-10H2,1-2H3,(H,16,20)(H,17,21). The van der Waals surface area contributed by atoms with Gasteiger partial charge in [-0.3, -0.25) is 9.36 Å². The van der Waals surface area contributed by atoms with E-state index in [-0.39, 0.29) is 17.3 Å². The molecule has 1 aromatic carbocycles. The predicted octanol–water partition coefficient (Wildman–Crippen LogP) is 1.40. The molecule has 2 rings (SSSR count). The predicted molar refractivity (Wildman–Crippen MR) is 88.7 cm³/mol. The van der Waals surface area contributed by atoms with E-state index in [0.717, 1.165) is 17.7 Å². The highest BCUT2D eigenvalue weighted by molar-refractivity contribution is 7.99. The third-order valence-electron chi connectivity index (χ3n) is 3.13. The molecule has 0 bridgehead atoms. The first-order valence-corrected chi connectivity index (χ1v) is 8.30. The highest BCUT2D eigenvalue weighted by atomic mass is 32.2. The van der Waals surface area contributed by atoms with Crippen molar-refractivity contribution in [2.45, 2.75) is 31.6 Å². The Labute approximate surface area is 138 Å². The lowest BCUT2D eigenvalue weighted by atomic mass is 10.2. The number of methoxy groups -OCH3 is 1. The fourth-order valence-electron chi connectivity index (χ4n) is 2.00. The van der Waals surface area contributed by atoms with Crippen LogP contribution in [0.2, 0.25) is 0 Å². The summed E-state index contributed by atoms with van der Waals surface area (Å²) in [4.78, 5) is 23.5. The van der Waals surface area contributed by atoms with E-state index < -0.39 is 0 Å². The van der Waals surface area contributed by atoms with Gasteiger partial charge in [0.1, 0.15) is 5.75 Å². The minimum atomic E-state index is -0.244. The van der Waals surface area contributed by atoms with E-state index in [2.05, 4.69) is 15.5 Å². The molecule has 8 heteroatoms. The molecule has 124 valence electrons. The second-order valence-electron chi connectivity index (χ2n) is 4.88. The quantitative estimate of drug-likeness (QED) is 0.711. The van der Waals surface area contributed by atoms with Crippen LogP contribution in [0.25, 0.3) is 0 Å². The summed E-state index contributed by atoms with van der Waals surface area (Å²) in [7, 11) is 1.61. The van der Waals surface area contributed by atoms with Crippen LogP contribution < -0.4 is 15.7 Å². The van der Waals surface area contributed by atoms with Gasteiger partial charge in [0.2, 0.25) is 5.91 Å². The van der Waals surface area contributed by atoms with Gasteiger partial charge in [-0.2, -0.15) is 0 Å². The molecular weight excluding hydrogens is 316 g/mol. The Morgan fingerprint density at radius 1 is 1.48 bits per heavy atom. The zero-order chi connectivity index (χ0) is 16.7. The number of carbonyl (C=O) groups is 1. The van der Waals surface area contributed by atoms with Gasteiger partial charge < -0.3 is 10.1 Å². The number of aromatic nitrogens is 3. The normalized spacial score (nSPS) is 10.5. The Morgan fingerprint density at radius 3 is 3.04 bits per heavy atom. The third-order valence-corrected chi connectivity index (χ3v) is 4.10. The molecule has 0 radical (unpaired) electrons. The second kappa shape index (κ2) is 8.42. The maximum atomic E-state index is 11.9. The summed E-state index contributed by atoms with van der Waals surface area (Å²) >= 11 is 1.24. The maximum Gasteiger partial charge on any atom is 0.343 e. The zero-order valence-electron chi connectivity index (χ0n) is 13.2. The summed E-state index contributed by atoms with van der Waals surface area (Å²) in [5.74, 6) is 0.848. The molecule has 2 N–H and O–H groups in total. The molecule has 0 unspecified atom stereocenters. The smallest absolute Gasteiger partial charge is 0.343 e. The third kappa shape index (κ3) is 4.88. The summed E-state index contributed by atoms with van der Waals surface area (Å²) in [5.41, 5.74) is 0.719. The Balaban J connectivity index is 1.84. The average Bonchev–Trinajstić information content (AvgIpc) is 2.92. The molecule has 0 spiro atoms. The lowest BCUT2D eigenvalue weighted by molar-refractivity contribution is -0.118. The lowest BCUT2D eigenvalue weighted by Crippen LogP contribution is -2.25. The molecule has 2 aromatic rings. The topological polar surface area (TPSA) is 89.0 Å². The highest BCUT2D eigenvalue weighted by Crippen LogP contribution is 2.14. The van der Waals surface area contributed by atoms with Gasteiger partial charge in [0.05, 0.1) is 12.9 Å². The van der Waals surface area contributed by atoms with Crippen LogP contribution in [0.3, 0.4) is 0 Å². The van der Waals surface area contributed by atoms with E-state index >= 15 is 0 Å². The Bertz CT molecular complexity index is 711. The summed E-state index contributed by atoms with van der Waals surface area (Å²) in [6.07, 6.45) is 0.828. The molecule has 7 nitrogen and oxygen atoms in total. The maximum absolute atomic E-state index is 11.9.